The fraction of sp³-hybridized carbons (Fsp3) is 0.261. The summed E-state index contributed by atoms with van der Waals surface area (Å²) in [6.45, 7) is 1.17. The molecule has 5 heteroatoms. The molecular weight excluding hydrogens is 352 g/mol. The van der Waals surface area contributed by atoms with Crippen molar-refractivity contribution in [1.29, 1.82) is 0 Å². The number of hydrogen-bond acceptors (Lipinski definition) is 4. The zero-order valence-corrected chi connectivity index (χ0v) is 15.8. The van der Waals surface area contributed by atoms with Crippen molar-refractivity contribution < 1.29 is 14.3 Å². The Morgan fingerprint density at radius 3 is 2.43 bits per heavy atom. The summed E-state index contributed by atoms with van der Waals surface area (Å²) in [7, 11) is 1.61. The lowest BCUT2D eigenvalue weighted by molar-refractivity contribution is 0.0652. The van der Waals surface area contributed by atoms with Crippen LogP contribution in [-0.4, -0.2) is 41.8 Å². The molecule has 0 aliphatic carbocycles. The number of hydrogen-bond donors (Lipinski definition) is 0. The summed E-state index contributed by atoms with van der Waals surface area (Å²) in [5.74, 6) is 0.839. The fourth-order valence-electron chi connectivity index (χ4n) is 3.79. The molecule has 1 aromatic heterocycles. The molecule has 0 unspecified atom stereocenters. The van der Waals surface area contributed by atoms with Crippen LogP contribution in [0.15, 0.2) is 60.8 Å². The summed E-state index contributed by atoms with van der Waals surface area (Å²) in [5, 5.41) is 0.867. The number of carbonyl (C=O) groups excluding carboxylic acids is 2. The van der Waals surface area contributed by atoms with E-state index in [2.05, 4.69) is 4.98 Å². The summed E-state index contributed by atoms with van der Waals surface area (Å²) < 4.78 is 5.15. The summed E-state index contributed by atoms with van der Waals surface area (Å²) in [6, 6.07) is 16.7. The molecule has 142 valence electrons. The molecule has 0 saturated carbocycles. The Hall–Kier alpha value is -3.21. The van der Waals surface area contributed by atoms with Crippen molar-refractivity contribution >= 4 is 22.6 Å². The van der Waals surface area contributed by atoms with E-state index in [1.54, 1.807) is 31.5 Å². The molecule has 5 nitrogen and oxygen atoms in total. The first-order valence-corrected chi connectivity index (χ1v) is 9.48. The van der Waals surface area contributed by atoms with Gasteiger partial charge in [-0.25, -0.2) is 0 Å². The van der Waals surface area contributed by atoms with Crippen LogP contribution in [0.3, 0.4) is 0 Å². The van der Waals surface area contributed by atoms with Gasteiger partial charge in [-0.2, -0.15) is 0 Å². The zero-order chi connectivity index (χ0) is 19.5. The summed E-state index contributed by atoms with van der Waals surface area (Å²) in [4.78, 5) is 32.0. The van der Waals surface area contributed by atoms with Crippen molar-refractivity contribution in [2.24, 2.45) is 5.92 Å². The van der Waals surface area contributed by atoms with Crippen LogP contribution in [0.4, 0.5) is 0 Å². The molecule has 1 aliphatic rings. The second-order valence-electron chi connectivity index (χ2n) is 7.03. The Morgan fingerprint density at radius 1 is 1.00 bits per heavy atom. The van der Waals surface area contributed by atoms with E-state index in [0.29, 0.717) is 37.1 Å². The number of para-hydroxylation sites is 1. The number of aromatic nitrogens is 1. The topological polar surface area (TPSA) is 59.5 Å². The molecular formula is C23H22N2O3. The Labute approximate surface area is 163 Å². The minimum absolute atomic E-state index is 0.00828. The largest absolute Gasteiger partial charge is 0.497 e. The van der Waals surface area contributed by atoms with E-state index in [0.717, 1.165) is 16.7 Å². The SMILES string of the molecule is COc1ccc(C(=O)C2CCN(C(=O)c3ccnc4ccccc34)CC2)cc1. The number of Topliss-reactive ketones (excluding diaryl/α,β-unsaturated/α-hetero) is 1. The number of ether oxygens (including phenoxy) is 1. The molecule has 2 aromatic carbocycles. The van der Waals surface area contributed by atoms with Gasteiger partial charge >= 0.3 is 0 Å². The van der Waals surface area contributed by atoms with Gasteiger partial charge in [0, 0.05) is 36.2 Å². The number of fused-ring (bicyclic) bond motifs is 1. The normalized spacial score (nSPS) is 14.8. The highest BCUT2D eigenvalue weighted by Crippen LogP contribution is 2.25. The third-order valence-electron chi connectivity index (χ3n) is 5.41. The molecule has 0 radical (unpaired) electrons. The Morgan fingerprint density at radius 2 is 1.71 bits per heavy atom. The van der Waals surface area contributed by atoms with Gasteiger partial charge in [0.05, 0.1) is 18.2 Å². The maximum absolute atomic E-state index is 13.0. The molecule has 1 aliphatic heterocycles. The second-order valence-corrected chi connectivity index (χ2v) is 7.03. The van der Waals surface area contributed by atoms with E-state index in [9.17, 15) is 9.59 Å². The smallest absolute Gasteiger partial charge is 0.254 e. The van der Waals surface area contributed by atoms with Crippen LogP contribution >= 0.6 is 0 Å². The highest BCUT2D eigenvalue weighted by molar-refractivity contribution is 6.06. The average molecular weight is 374 g/mol. The van der Waals surface area contributed by atoms with Gasteiger partial charge in [0.1, 0.15) is 5.75 Å². The van der Waals surface area contributed by atoms with Crippen LogP contribution in [0.1, 0.15) is 33.6 Å². The molecule has 1 fully saturated rings. The summed E-state index contributed by atoms with van der Waals surface area (Å²) in [6.07, 6.45) is 3.04. The van der Waals surface area contributed by atoms with Crippen molar-refractivity contribution in [2.45, 2.75) is 12.8 Å². The number of pyridine rings is 1. The summed E-state index contributed by atoms with van der Waals surface area (Å²) in [5.41, 5.74) is 2.19. The number of nitrogens with zero attached hydrogens (tertiary/aromatic N) is 2. The number of likely N-dealkylation sites (tertiary alicyclic amines) is 1. The maximum Gasteiger partial charge on any atom is 0.254 e. The van der Waals surface area contributed by atoms with Crippen LogP contribution in [-0.2, 0) is 0 Å². The minimum Gasteiger partial charge on any atom is -0.497 e. The minimum atomic E-state index is -0.0494. The quantitative estimate of drug-likeness (QED) is 0.648. The van der Waals surface area contributed by atoms with Crippen molar-refractivity contribution in [3.8, 4) is 5.75 Å². The standard InChI is InChI=1S/C23H22N2O3/c1-28-18-8-6-16(7-9-18)22(26)17-11-14-25(15-12-17)23(27)20-10-13-24-21-5-3-2-4-19(20)21/h2-10,13,17H,11-12,14-15H2,1H3. The Bertz CT molecular complexity index is 1000. The predicted molar refractivity (Wildman–Crippen MR) is 108 cm³/mol. The van der Waals surface area contributed by atoms with E-state index in [1.165, 1.54) is 0 Å². The van der Waals surface area contributed by atoms with Crippen LogP contribution in [0.25, 0.3) is 10.9 Å². The Kier molecular flexibility index (Phi) is 5.06. The first kappa shape index (κ1) is 18.2. The number of benzene rings is 2. The van der Waals surface area contributed by atoms with Crippen LogP contribution in [0, 0.1) is 5.92 Å². The van der Waals surface area contributed by atoms with Gasteiger partial charge in [0.15, 0.2) is 5.78 Å². The molecule has 0 atom stereocenters. The third-order valence-corrected chi connectivity index (χ3v) is 5.41. The van der Waals surface area contributed by atoms with Crippen molar-refractivity contribution in [3.63, 3.8) is 0 Å². The van der Waals surface area contributed by atoms with E-state index in [4.69, 9.17) is 4.74 Å². The molecule has 1 amide bonds. The van der Waals surface area contributed by atoms with Gasteiger partial charge < -0.3 is 9.64 Å². The van der Waals surface area contributed by atoms with Crippen LogP contribution in [0.2, 0.25) is 0 Å². The first-order valence-electron chi connectivity index (χ1n) is 9.48. The van der Waals surface area contributed by atoms with E-state index >= 15 is 0 Å². The lowest BCUT2D eigenvalue weighted by Gasteiger charge is -2.31. The van der Waals surface area contributed by atoms with E-state index in [1.807, 2.05) is 41.3 Å². The highest BCUT2D eigenvalue weighted by Gasteiger charge is 2.29. The molecule has 2 heterocycles. The number of methoxy groups -OCH3 is 1. The molecule has 3 aromatic rings. The van der Waals surface area contributed by atoms with Gasteiger partial charge in [0.25, 0.3) is 5.91 Å². The van der Waals surface area contributed by atoms with Crippen molar-refractivity contribution in [2.75, 3.05) is 20.2 Å². The van der Waals surface area contributed by atoms with E-state index < -0.39 is 0 Å². The highest BCUT2D eigenvalue weighted by atomic mass is 16.5. The first-order chi connectivity index (χ1) is 13.7. The lowest BCUT2D eigenvalue weighted by Crippen LogP contribution is -2.40. The number of rotatable bonds is 4. The van der Waals surface area contributed by atoms with Gasteiger partial charge in [-0.3, -0.25) is 14.6 Å². The van der Waals surface area contributed by atoms with Crippen molar-refractivity contribution in [1.82, 2.24) is 9.88 Å². The van der Waals surface area contributed by atoms with Crippen LogP contribution in [0.5, 0.6) is 5.75 Å². The Balaban J connectivity index is 1.44. The number of piperidine rings is 1. The van der Waals surface area contributed by atoms with Crippen LogP contribution < -0.4 is 4.74 Å². The van der Waals surface area contributed by atoms with Gasteiger partial charge in [0.2, 0.25) is 0 Å². The second kappa shape index (κ2) is 7.80. The number of carbonyl (C=O) groups is 2. The van der Waals surface area contributed by atoms with Gasteiger partial charge in [-0.15, -0.1) is 0 Å². The lowest BCUT2D eigenvalue weighted by atomic mass is 9.88. The number of ketones is 1. The molecule has 1 saturated heterocycles. The van der Waals surface area contributed by atoms with Crippen molar-refractivity contribution in [3.05, 3.63) is 71.9 Å². The molecule has 0 spiro atoms. The monoisotopic (exact) mass is 374 g/mol. The maximum atomic E-state index is 13.0. The van der Waals surface area contributed by atoms with Gasteiger partial charge in [-0.05, 0) is 49.2 Å². The fourth-order valence-corrected chi connectivity index (χ4v) is 3.79. The van der Waals surface area contributed by atoms with E-state index in [-0.39, 0.29) is 17.6 Å². The predicted octanol–water partition coefficient (Wildman–Crippen LogP) is 3.98. The molecule has 28 heavy (non-hydrogen) atoms. The van der Waals surface area contributed by atoms with Gasteiger partial charge in [-0.1, -0.05) is 18.2 Å². The third kappa shape index (κ3) is 3.48. The number of amides is 1. The summed E-state index contributed by atoms with van der Waals surface area (Å²) >= 11 is 0. The zero-order valence-electron chi connectivity index (χ0n) is 15.8. The molecule has 0 bridgehead atoms. The average Bonchev–Trinajstić information content (AvgIpc) is 2.78. The molecule has 4 rings (SSSR count). The molecule has 0 N–H and O–H groups in total.